The van der Waals surface area contributed by atoms with Crippen molar-refractivity contribution >= 4 is 26.8 Å². The Labute approximate surface area is 97.2 Å². The summed E-state index contributed by atoms with van der Waals surface area (Å²) < 4.78 is 1.16. The van der Waals surface area contributed by atoms with Crippen LogP contribution in [-0.2, 0) is 13.0 Å². The van der Waals surface area contributed by atoms with Gasteiger partial charge in [-0.3, -0.25) is 0 Å². The van der Waals surface area contributed by atoms with Gasteiger partial charge in [-0.25, -0.2) is 0 Å². The maximum Gasteiger partial charge on any atom is 0.0606 e. The Balaban J connectivity index is 2.41. The lowest BCUT2D eigenvalue weighted by molar-refractivity contribution is 0.640. The molecule has 2 heterocycles. The fourth-order valence-electron chi connectivity index (χ4n) is 2.40. The molecule has 1 aliphatic rings. The zero-order valence-electron chi connectivity index (χ0n) is 8.65. The van der Waals surface area contributed by atoms with E-state index in [2.05, 4.69) is 45.3 Å². The highest BCUT2D eigenvalue weighted by atomic mass is 79.9. The van der Waals surface area contributed by atoms with Crippen LogP contribution in [0.15, 0.2) is 16.6 Å². The van der Waals surface area contributed by atoms with Crippen molar-refractivity contribution in [1.29, 1.82) is 0 Å². The van der Waals surface area contributed by atoms with Crippen LogP contribution in [0.3, 0.4) is 0 Å². The topological polar surface area (TPSA) is 27.8 Å². The van der Waals surface area contributed by atoms with Crippen LogP contribution in [0.4, 0.5) is 0 Å². The number of hydrogen-bond acceptors (Lipinski definition) is 1. The molecule has 0 unspecified atom stereocenters. The Morgan fingerprint density at radius 3 is 3.07 bits per heavy atom. The summed E-state index contributed by atoms with van der Waals surface area (Å²) in [6, 6.07) is 4.29. The van der Waals surface area contributed by atoms with Gasteiger partial charge in [0.2, 0.25) is 0 Å². The molecule has 0 saturated heterocycles. The molecule has 1 aliphatic heterocycles. The minimum absolute atomic E-state index is 0.993. The van der Waals surface area contributed by atoms with Crippen LogP contribution in [0.1, 0.15) is 16.8 Å². The molecular formula is C12H13BrN2. The van der Waals surface area contributed by atoms with Gasteiger partial charge in [-0.15, -0.1) is 0 Å². The van der Waals surface area contributed by atoms with Gasteiger partial charge in [0, 0.05) is 35.1 Å². The summed E-state index contributed by atoms with van der Waals surface area (Å²) in [5, 5.41) is 4.83. The Bertz CT molecular complexity index is 528. The van der Waals surface area contributed by atoms with E-state index >= 15 is 0 Å². The van der Waals surface area contributed by atoms with Crippen molar-refractivity contribution in [3.63, 3.8) is 0 Å². The first-order chi connectivity index (χ1) is 7.27. The van der Waals surface area contributed by atoms with Gasteiger partial charge in [0.25, 0.3) is 0 Å². The lowest BCUT2D eigenvalue weighted by Gasteiger charge is -2.13. The van der Waals surface area contributed by atoms with Crippen molar-refractivity contribution in [2.45, 2.75) is 19.9 Å². The molecule has 0 bridgehead atoms. The molecule has 0 spiro atoms. The third-order valence-corrected chi connectivity index (χ3v) is 3.82. The van der Waals surface area contributed by atoms with Crippen molar-refractivity contribution < 1.29 is 0 Å². The molecule has 2 aromatic rings. The van der Waals surface area contributed by atoms with Crippen molar-refractivity contribution in [2.75, 3.05) is 6.54 Å². The average Bonchev–Trinajstić information content (AvgIpc) is 2.64. The van der Waals surface area contributed by atoms with Gasteiger partial charge in [0.05, 0.1) is 5.52 Å². The van der Waals surface area contributed by atoms with Crippen molar-refractivity contribution in [2.24, 2.45) is 0 Å². The number of aromatic amines is 1. The minimum Gasteiger partial charge on any atom is -0.357 e. The normalized spacial score (nSPS) is 15.6. The number of H-pyrrole nitrogens is 1. The highest BCUT2D eigenvalue weighted by Gasteiger charge is 2.17. The largest absolute Gasteiger partial charge is 0.357 e. The average molecular weight is 265 g/mol. The van der Waals surface area contributed by atoms with Gasteiger partial charge in [-0.05, 0) is 40.0 Å². The van der Waals surface area contributed by atoms with E-state index < -0.39 is 0 Å². The van der Waals surface area contributed by atoms with Crippen LogP contribution in [-0.4, -0.2) is 11.5 Å². The minimum atomic E-state index is 0.993. The predicted octanol–water partition coefficient (Wildman–Crippen LogP) is 2.88. The molecule has 2 nitrogen and oxygen atoms in total. The Morgan fingerprint density at radius 1 is 1.33 bits per heavy atom. The van der Waals surface area contributed by atoms with Crippen molar-refractivity contribution in [3.05, 3.63) is 33.4 Å². The van der Waals surface area contributed by atoms with Gasteiger partial charge >= 0.3 is 0 Å². The highest BCUT2D eigenvalue weighted by Crippen LogP contribution is 2.32. The quantitative estimate of drug-likeness (QED) is 0.753. The van der Waals surface area contributed by atoms with E-state index in [1.165, 1.54) is 27.7 Å². The summed E-state index contributed by atoms with van der Waals surface area (Å²) in [7, 11) is 0. The Hall–Kier alpha value is -0.800. The molecule has 0 aliphatic carbocycles. The standard InChI is InChI=1S/C12H13BrN2/c1-7-2-3-9(13)12-11(7)8-6-14-5-4-10(8)15-12/h2-3,14-15H,4-6H2,1H3. The van der Waals surface area contributed by atoms with Gasteiger partial charge in [0.15, 0.2) is 0 Å². The van der Waals surface area contributed by atoms with E-state index in [9.17, 15) is 0 Å². The molecule has 0 saturated carbocycles. The van der Waals surface area contributed by atoms with Crippen molar-refractivity contribution in [1.82, 2.24) is 10.3 Å². The molecule has 1 aromatic heterocycles. The fourth-order valence-corrected chi connectivity index (χ4v) is 2.83. The summed E-state index contributed by atoms with van der Waals surface area (Å²) >= 11 is 3.61. The molecule has 0 radical (unpaired) electrons. The second kappa shape index (κ2) is 3.35. The molecule has 15 heavy (non-hydrogen) atoms. The molecule has 0 atom stereocenters. The zero-order valence-corrected chi connectivity index (χ0v) is 10.2. The van der Waals surface area contributed by atoms with Crippen molar-refractivity contribution in [3.8, 4) is 0 Å². The maximum atomic E-state index is 3.61. The van der Waals surface area contributed by atoms with E-state index in [0.29, 0.717) is 0 Å². The van der Waals surface area contributed by atoms with E-state index in [0.717, 1.165) is 24.0 Å². The molecular weight excluding hydrogens is 252 g/mol. The molecule has 0 fully saturated rings. The monoisotopic (exact) mass is 264 g/mol. The second-order valence-corrected chi connectivity index (χ2v) is 4.98. The number of nitrogens with one attached hydrogen (secondary N) is 2. The SMILES string of the molecule is Cc1ccc(Br)c2[nH]c3c(c12)CNCC3. The molecule has 1 aromatic carbocycles. The summed E-state index contributed by atoms with van der Waals surface area (Å²) in [6.45, 7) is 4.25. The lowest BCUT2D eigenvalue weighted by atomic mass is 10.0. The first-order valence-corrected chi connectivity index (χ1v) is 6.06. The first kappa shape index (κ1) is 9.43. The van der Waals surface area contributed by atoms with E-state index in [1.807, 2.05) is 0 Å². The van der Waals surface area contributed by atoms with Crippen LogP contribution >= 0.6 is 15.9 Å². The van der Waals surface area contributed by atoms with E-state index in [-0.39, 0.29) is 0 Å². The zero-order chi connectivity index (χ0) is 10.4. The molecule has 2 N–H and O–H groups in total. The molecule has 3 rings (SSSR count). The van der Waals surface area contributed by atoms with Gasteiger partial charge in [-0.1, -0.05) is 6.07 Å². The number of rotatable bonds is 0. The van der Waals surface area contributed by atoms with Gasteiger partial charge in [-0.2, -0.15) is 0 Å². The van der Waals surface area contributed by atoms with E-state index in [1.54, 1.807) is 0 Å². The smallest absolute Gasteiger partial charge is 0.0606 e. The number of aryl methyl sites for hydroxylation is 1. The number of fused-ring (bicyclic) bond motifs is 3. The van der Waals surface area contributed by atoms with Crippen LogP contribution in [0.5, 0.6) is 0 Å². The summed E-state index contributed by atoms with van der Waals surface area (Å²) in [5.74, 6) is 0. The summed E-state index contributed by atoms with van der Waals surface area (Å²) in [6.07, 6.45) is 1.11. The molecule has 3 heteroatoms. The highest BCUT2D eigenvalue weighted by molar-refractivity contribution is 9.10. The van der Waals surface area contributed by atoms with Gasteiger partial charge in [0.1, 0.15) is 0 Å². The van der Waals surface area contributed by atoms with Crippen LogP contribution in [0.25, 0.3) is 10.9 Å². The third kappa shape index (κ3) is 1.34. The number of halogens is 1. The van der Waals surface area contributed by atoms with Crippen LogP contribution in [0.2, 0.25) is 0 Å². The van der Waals surface area contributed by atoms with Gasteiger partial charge < -0.3 is 10.3 Å². The number of aromatic nitrogens is 1. The number of benzene rings is 1. The van der Waals surface area contributed by atoms with E-state index in [4.69, 9.17) is 0 Å². The second-order valence-electron chi connectivity index (χ2n) is 4.12. The Morgan fingerprint density at radius 2 is 2.20 bits per heavy atom. The molecule has 0 amide bonds. The first-order valence-electron chi connectivity index (χ1n) is 5.26. The lowest BCUT2D eigenvalue weighted by Crippen LogP contribution is -2.22. The summed E-state index contributed by atoms with van der Waals surface area (Å²) in [4.78, 5) is 3.54. The number of hydrogen-bond donors (Lipinski definition) is 2. The van der Waals surface area contributed by atoms with Crippen LogP contribution < -0.4 is 5.32 Å². The predicted molar refractivity (Wildman–Crippen MR) is 66.1 cm³/mol. The summed E-state index contributed by atoms with van der Waals surface area (Å²) in [5.41, 5.74) is 5.46. The third-order valence-electron chi connectivity index (χ3n) is 3.16. The maximum absolute atomic E-state index is 3.61. The fraction of sp³-hybridized carbons (Fsp3) is 0.333. The molecule has 78 valence electrons. The Kier molecular flexibility index (Phi) is 2.11. The van der Waals surface area contributed by atoms with Crippen LogP contribution in [0, 0.1) is 6.92 Å².